The van der Waals surface area contributed by atoms with Gasteiger partial charge in [0.1, 0.15) is 11.9 Å². The van der Waals surface area contributed by atoms with Crippen molar-refractivity contribution in [3.63, 3.8) is 0 Å². The van der Waals surface area contributed by atoms with Crippen LogP contribution in [0.3, 0.4) is 0 Å². The molecule has 1 aliphatic carbocycles. The predicted molar refractivity (Wildman–Crippen MR) is 110 cm³/mol. The van der Waals surface area contributed by atoms with Crippen molar-refractivity contribution in [1.82, 2.24) is 15.3 Å². The highest BCUT2D eigenvalue weighted by Crippen LogP contribution is 2.27. The zero-order chi connectivity index (χ0) is 20.5. The fraction of sp³-hybridized carbons (Fsp3) is 0.500. The highest BCUT2D eigenvalue weighted by Gasteiger charge is 2.25. The third kappa shape index (κ3) is 6.07. The Labute approximate surface area is 171 Å². The van der Waals surface area contributed by atoms with E-state index in [1.165, 1.54) is 0 Å². The van der Waals surface area contributed by atoms with Crippen LogP contribution in [0.25, 0.3) is 0 Å². The molecule has 0 radical (unpaired) electrons. The van der Waals surface area contributed by atoms with Crippen LogP contribution in [-0.4, -0.2) is 41.7 Å². The van der Waals surface area contributed by atoms with Gasteiger partial charge in [0.15, 0.2) is 0 Å². The minimum absolute atomic E-state index is 0.0494. The number of aromatic nitrogens is 2. The third-order valence-corrected chi connectivity index (χ3v) is 5.00. The third-order valence-electron chi connectivity index (χ3n) is 5.00. The van der Waals surface area contributed by atoms with E-state index in [9.17, 15) is 4.79 Å². The largest absolute Gasteiger partial charge is 0.494 e. The Kier molecular flexibility index (Phi) is 7.67. The summed E-state index contributed by atoms with van der Waals surface area (Å²) in [5.41, 5.74) is 0.649. The molecule has 7 nitrogen and oxygen atoms in total. The molecule has 3 rings (SSSR count). The van der Waals surface area contributed by atoms with Crippen LogP contribution in [0.1, 0.15) is 55.8 Å². The van der Waals surface area contributed by atoms with Crippen LogP contribution in [0.4, 0.5) is 0 Å². The monoisotopic (exact) mass is 399 g/mol. The van der Waals surface area contributed by atoms with Crippen molar-refractivity contribution in [2.24, 2.45) is 0 Å². The number of benzene rings is 1. The number of carbonyl (C=O) groups is 1. The molecule has 29 heavy (non-hydrogen) atoms. The van der Waals surface area contributed by atoms with E-state index in [2.05, 4.69) is 22.2 Å². The number of unbranched alkanes of at least 4 members (excludes halogenated alkanes) is 1. The number of nitrogens with zero attached hydrogens (tertiary/aromatic N) is 2. The van der Waals surface area contributed by atoms with Crippen LogP contribution in [0.15, 0.2) is 36.7 Å². The molecule has 1 aromatic heterocycles. The summed E-state index contributed by atoms with van der Waals surface area (Å²) in [6.45, 7) is 2.83. The first-order valence-electron chi connectivity index (χ1n) is 10.2. The van der Waals surface area contributed by atoms with Crippen LogP contribution >= 0.6 is 0 Å². The molecule has 0 aliphatic heterocycles. The van der Waals surface area contributed by atoms with Gasteiger partial charge in [0, 0.05) is 24.0 Å². The second kappa shape index (κ2) is 10.6. The number of ether oxygens (including phenoxy) is 3. The van der Waals surface area contributed by atoms with Crippen LogP contribution in [0, 0.1) is 0 Å². The molecule has 0 atom stereocenters. The number of rotatable bonds is 9. The number of hydrogen-bond acceptors (Lipinski definition) is 6. The topological polar surface area (TPSA) is 82.6 Å². The van der Waals surface area contributed by atoms with E-state index in [0.717, 1.165) is 44.3 Å². The lowest BCUT2D eigenvalue weighted by Gasteiger charge is -2.29. The first-order valence-corrected chi connectivity index (χ1v) is 10.2. The van der Waals surface area contributed by atoms with E-state index in [-0.39, 0.29) is 18.1 Å². The molecule has 1 aromatic carbocycles. The van der Waals surface area contributed by atoms with E-state index in [0.29, 0.717) is 23.9 Å². The van der Waals surface area contributed by atoms with Gasteiger partial charge < -0.3 is 19.5 Å². The molecule has 1 fully saturated rings. The summed E-state index contributed by atoms with van der Waals surface area (Å²) in [6.07, 6.45) is 8.73. The van der Waals surface area contributed by atoms with E-state index in [4.69, 9.17) is 14.2 Å². The number of carbonyl (C=O) groups excluding carboxylic acids is 1. The van der Waals surface area contributed by atoms with Crippen molar-refractivity contribution in [2.45, 2.75) is 57.6 Å². The highest BCUT2D eigenvalue weighted by atomic mass is 16.5. The second-order valence-corrected chi connectivity index (χ2v) is 7.16. The summed E-state index contributed by atoms with van der Waals surface area (Å²) in [4.78, 5) is 20.8. The SMILES string of the molecule is CCCCOc1ccc(C(=O)NC2CCC(Oc3nccnc3OC)CC2)cc1. The lowest BCUT2D eigenvalue weighted by molar-refractivity contribution is 0.0886. The molecule has 1 amide bonds. The summed E-state index contributed by atoms with van der Waals surface area (Å²) in [5.74, 6) is 1.56. The van der Waals surface area contributed by atoms with Crippen LogP contribution in [0.2, 0.25) is 0 Å². The molecule has 156 valence electrons. The van der Waals surface area contributed by atoms with Gasteiger partial charge in [-0.2, -0.15) is 0 Å². The van der Waals surface area contributed by atoms with Crippen LogP contribution < -0.4 is 19.5 Å². The molecule has 0 saturated heterocycles. The van der Waals surface area contributed by atoms with Gasteiger partial charge in [-0.15, -0.1) is 0 Å². The first kappa shape index (κ1) is 20.9. The fourth-order valence-electron chi connectivity index (χ4n) is 3.32. The Morgan fingerprint density at radius 1 is 1.07 bits per heavy atom. The minimum atomic E-state index is -0.0509. The van der Waals surface area contributed by atoms with Crippen molar-refractivity contribution in [1.29, 1.82) is 0 Å². The average Bonchev–Trinajstić information content (AvgIpc) is 2.76. The summed E-state index contributed by atoms with van der Waals surface area (Å²) in [7, 11) is 1.55. The molecule has 0 spiro atoms. The van der Waals surface area contributed by atoms with Gasteiger partial charge in [-0.3, -0.25) is 4.79 Å². The maximum atomic E-state index is 12.5. The molecular weight excluding hydrogens is 370 g/mol. The zero-order valence-electron chi connectivity index (χ0n) is 17.1. The van der Waals surface area contributed by atoms with Crippen LogP contribution in [0.5, 0.6) is 17.5 Å². The van der Waals surface area contributed by atoms with Gasteiger partial charge in [0.2, 0.25) is 0 Å². The molecule has 1 heterocycles. The fourth-order valence-corrected chi connectivity index (χ4v) is 3.32. The summed E-state index contributed by atoms with van der Waals surface area (Å²) >= 11 is 0. The minimum Gasteiger partial charge on any atom is -0.494 e. The highest BCUT2D eigenvalue weighted by molar-refractivity contribution is 5.94. The Bertz CT molecular complexity index is 774. The average molecular weight is 399 g/mol. The number of hydrogen-bond donors (Lipinski definition) is 1. The Balaban J connectivity index is 1.44. The number of methoxy groups -OCH3 is 1. The second-order valence-electron chi connectivity index (χ2n) is 7.16. The number of amides is 1. The molecule has 0 bridgehead atoms. The van der Waals surface area contributed by atoms with E-state index in [1.807, 2.05) is 24.3 Å². The molecule has 0 unspecified atom stereocenters. The molecule has 1 N–H and O–H groups in total. The van der Waals surface area contributed by atoms with E-state index < -0.39 is 0 Å². The van der Waals surface area contributed by atoms with Gasteiger partial charge in [-0.05, 0) is 56.4 Å². The summed E-state index contributed by atoms with van der Waals surface area (Å²) < 4.78 is 16.8. The van der Waals surface area contributed by atoms with Gasteiger partial charge >= 0.3 is 0 Å². The maximum Gasteiger partial charge on any atom is 0.278 e. The van der Waals surface area contributed by atoms with Gasteiger partial charge in [-0.1, -0.05) is 13.3 Å². The van der Waals surface area contributed by atoms with Crippen molar-refractivity contribution in [3.8, 4) is 17.5 Å². The van der Waals surface area contributed by atoms with Crippen molar-refractivity contribution in [3.05, 3.63) is 42.2 Å². The first-order chi connectivity index (χ1) is 14.2. The van der Waals surface area contributed by atoms with Gasteiger partial charge in [-0.25, -0.2) is 9.97 Å². The maximum absolute atomic E-state index is 12.5. The van der Waals surface area contributed by atoms with E-state index in [1.54, 1.807) is 19.5 Å². The molecule has 1 aliphatic rings. The standard InChI is InChI=1S/C22H29N3O4/c1-3-4-15-28-18-9-5-16(6-10-18)20(26)25-17-7-11-19(12-8-17)29-22-21(27-2)23-13-14-24-22/h5-6,9-10,13-14,17,19H,3-4,7-8,11-12,15H2,1-2H3,(H,25,26). The Morgan fingerprint density at radius 2 is 1.76 bits per heavy atom. The van der Waals surface area contributed by atoms with Crippen molar-refractivity contribution < 1.29 is 19.0 Å². The smallest absolute Gasteiger partial charge is 0.278 e. The van der Waals surface area contributed by atoms with E-state index >= 15 is 0 Å². The quantitative estimate of drug-likeness (QED) is 0.646. The zero-order valence-corrected chi connectivity index (χ0v) is 17.1. The molecular formula is C22H29N3O4. The van der Waals surface area contributed by atoms with Crippen molar-refractivity contribution in [2.75, 3.05) is 13.7 Å². The molecule has 1 saturated carbocycles. The van der Waals surface area contributed by atoms with Crippen molar-refractivity contribution >= 4 is 5.91 Å². The number of nitrogens with one attached hydrogen (secondary N) is 1. The Morgan fingerprint density at radius 3 is 2.41 bits per heavy atom. The van der Waals surface area contributed by atoms with Crippen LogP contribution in [-0.2, 0) is 0 Å². The lowest BCUT2D eigenvalue weighted by atomic mass is 9.92. The summed E-state index contributed by atoms with van der Waals surface area (Å²) in [5, 5.41) is 3.13. The predicted octanol–water partition coefficient (Wildman–Crippen LogP) is 3.78. The van der Waals surface area contributed by atoms with Gasteiger partial charge in [0.05, 0.1) is 13.7 Å². The Hall–Kier alpha value is -2.83. The van der Waals surface area contributed by atoms with Gasteiger partial charge in [0.25, 0.3) is 17.7 Å². The molecule has 7 heteroatoms. The molecule has 2 aromatic rings. The normalized spacial score (nSPS) is 18.7. The lowest BCUT2D eigenvalue weighted by Crippen LogP contribution is -2.39. The summed E-state index contributed by atoms with van der Waals surface area (Å²) in [6, 6.07) is 7.47.